The largest absolute Gasteiger partial charge is 0.454 e. The van der Waals surface area contributed by atoms with Crippen LogP contribution in [0.2, 0.25) is 0 Å². The Bertz CT molecular complexity index is 1130. The number of piperidine rings is 1. The van der Waals surface area contributed by atoms with Gasteiger partial charge in [0.25, 0.3) is 0 Å². The lowest BCUT2D eigenvalue weighted by Gasteiger charge is -2.31. The summed E-state index contributed by atoms with van der Waals surface area (Å²) in [5, 5.41) is 0. The Kier molecular flexibility index (Phi) is 4.97. The minimum absolute atomic E-state index is 0.0523. The molecule has 2 amide bonds. The lowest BCUT2D eigenvalue weighted by molar-refractivity contribution is -0.135. The topological polar surface area (TPSA) is 99.2 Å². The van der Waals surface area contributed by atoms with Crippen molar-refractivity contribution in [3.05, 3.63) is 60.0 Å². The highest BCUT2D eigenvalue weighted by atomic mass is 16.7. The molecule has 0 saturated carbocycles. The third kappa shape index (κ3) is 3.69. The first-order chi connectivity index (χ1) is 15.1. The molecule has 31 heavy (non-hydrogen) atoms. The maximum atomic E-state index is 13.2. The number of benzene rings is 1. The molecular formula is C23H24N4O4. The first-order valence-corrected chi connectivity index (χ1v) is 10.5. The van der Waals surface area contributed by atoms with E-state index >= 15 is 0 Å². The van der Waals surface area contributed by atoms with Crippen LogP contribution in [0, 0.1) is 5.92 Å². The van der Waals surface area contributed by atoms with Crippen LogP contribution >= 0.6 is 0 Å². The number of amides is 2. The number of carbonyl (C=O) groups excluding carboxylic acids is 2. The van der Waals surface area contributed by atoms with E-state index in [1.54, 1.807) is 0 Å². The number of nitrogens with zero attached hydrogens (tertiary/aromatic N) is 3. The van der Waals surface area contributed by atoms with Gasteiger partial charge in [-0.15, -0.1) is 0 Å². The van der Waals surface area contributed by atoms with E-state index in [1.165, 1.54) is 0 Å². The van der Waals surface area contributed by atoms with E-state index in [4.69, 9.17) is 15.2 Å². The molecule has 5 rings (SSSR count). The predicted octanol–water partition coefficient (Wildman–Crippen LogP) is 2.31. The molecule has 4 heterocycles. The van der Waals surface area contributed by atoms with Crippen molar-refractivity contribution in [3.63, 3.8) is 0 Å². The molecule has 1 aromatic carbocycles. The SMILES string of the molecule is NC(=O)C1CCN(C(=O)C[C@@H](c2ccc3c(c2)OCO3)c2cnc3ccccn23)CC1. The highest BCUT2D eigenvalue weighted by molar-refractivity contribution is 5.79. The highest BCUT2D eigenvalue weighted by Gasteiger charge is 2.30. The van der Waals surface area contributed by atoms with Crippen LogP contribution in [0.15, 0.2) is 48.8 Å². The lowest BCUT2D eigenvalue weighted by Crippen LogP contribution is -2.42. The van der Waals surface area contributed by atoms with Crippen molar-refractivity contribution in [1.29, 1.82) is 0 Å². The molecule has 8 nitrogen and oxygen atoms in total. The molecule has 160 valence electrons. The molecule has 0 aliphatic carbocycles. The van der Waals surface area contributed by atoms with E-state index in [1.807, 2.05) is 58.1 Å². The average molecular weight is 420 g/mol. The quantitative estimate of drug-likeness (QED) is 0.683. The molecule has 2 aliphatic rings. The molecule has 0 bridgehead atoms. The van der Waals surface area contributed by atoms with Crippen LogP contribution in [-0.2, 0) is 9.59 Å². The number of aromatic nitrogens is 2. The summed E-state index contributed by atoms with van der Waals surface area (Å²) in [7, 11) is 0. The van der Waals surface area contributed by atoms with Gasteiger partial charge in [0.05, 0.1) is 5.69 Å². The lowest BCUT2D eigenvalue weighted by atomic mass is 9.90. The summed E-state index contributed by atoms with van der Waals surface area (Å²) in [6.45, 7) is 1.30. The summed E-state index contributed by atoms with van der Waals surface area (Å²) >= 11 is 0. The normalized spacial score (nSPS) is 17.1. The number of rotatable bonds is 5. The zero-order valence-electron chi connectivity index (χ0n) is 17.1. The minimum atomic E-state index is -0.281. The summed E-state index contributed by atoms with van der Waals surface area (Å²) in [4.78, 5) is 31.1. The standard InChI is InChI=1S/C23H24N4O4/c24-23(29)15-6-9-26(10-7-15)22(28)12-17(16-4-5-19-20(11-16)31-14-30-19)18-13-25-21-3-1-2-8-27(18)21/h1-5,8,11,13,15,17H,6-7,9-10,12,14H2,(H2,24,29)/t17-/m0/s1. The molecule has 0 unspecified atom stereocenters. The van der Waals surface area contributed by atoms with Crippen LogP contribution in [-0.4, -0.2) is 46.0 Å². The Labute approximate surface area is 179 Å². The monoisotopic (exact) mass is 420 g/mol. The van der Waals surface area contributed by atoms with Crippen LogP contribution < -0.4 is 15.2 Å². The van der Waals surface area contributed by atoms with Gasteiger partial charge in [-0.1, -0.05) is 12.1 Å². The van der Waals surface area contributed by atoms with Crippen molar-refractivity contribution in [1.82, 2.24) is 14.3 Å². The molecule has 1 fully saturated rings. The van der Waals surface area contributed by atoms with E-state index in [-0.39, 0.29) is 30.4 Å². The summed E-state index contributed by atoms with van der Waals surface area (Å²) in [6.07, 6.45) is 5.32. The maximum absolute atomic E-state index is 13.2. The Morgan fingerprint density at radius 1 is 1.13 bits per heavy atom. The fraction of sp³-hybridized carbons (Fsp3) is 0.348. The second kappa shape index (κ2) is 7.94. The van der Waals surface area contributed by atoms with Crippen LogP contribution in [0.25, 0.3) is 5.65 Å². The van der Waals surface area contributed by atoms with E-state index in [0.717, 1.165) is 16.9 Å². The molecule has 3 aromatic rings. The van der Waals surface area contributed by atoms with E-state index in [9.17, 15) is 9.59 Å². The summed E-state index contributed by atoms with van der Waals surface area (Å²) in [5.74, 6) is 0.819. The third-order valence-electron chi connectivity index (χ3n) is 6.23. The molecule has 2 aromatic heterocycles. The Balaban J connectivity index is 1.45. The summed E-state index contributed by atoms with van der Waals surface area (Å²) in [5.41, 5.74) is 8.17. The molecule has 2 aliphatic heterocycles. The van der Waals surface area contributed by atoms with Gasteiger partial charge in [0.15, 0.2) is 11.5 Å². The molecular weight excluding hydrogens is 396 g/mol. The number of ether oxygens (including phenoxy) is 2. The fourth-order valence-electron chi connectivity index (χ4n) is 4.45. The smallest absolute Gasteiger partial charge is 0.231 e. The van der Waals surface area contributed by atoms with Crippen molar-refractivity contribution >= 4 is 17.5 Å². The summed E-state index contributed by atoms with van der Waals surface area (Å²) < 4.78 is 13.0. The van der Waals surface area contributed by atoms with Crippen molar-refractivity contribution in [2.75, 3.05) is 19.9 Å². The van der Waals surface area contributed by atoms with Crippen LogP contribution in [0.5, 0.6) is 11.5 Å². The van der Waals surface area contributed by atoms with E-state index in [2.05, 4.69) is 4.98 Å². The number of fused-ring (bicyclic) bond motifs is 2. The molecule has 1 atom stereocenters. The Morgan fingerprint density at radius 2 is 1.94 bits per heavy atom. The molecule has 0 spiro atoms. The van der Waals surface area contributed by atoms with Gasteiger partial charge in [-0.05, 0) is 42.7 Å². The molecule has 0 radical (unpaired) electrons. The van der Waals surface area contributed by atoms with Crippen LogP contribution in [0.3, 0.4) is 0 Å². The van der Waals surface area contributed by atoms with Gasteiger partial charge < -0.3 is 24.5 Å². The Hall–Kier alpha value is -3.55. The van der Waals surface area contributed by atoms with Crippen molar-refractivity contribution in [3.8, 4) is 11.5 Å². The maximum Gasteiger partial charge on any atom is 0.231 e. The van der Waals surface area contributed by atoms with Gasteiger partial charge >= 0.3 is 0 Å². The predicted molar refractivity (Wildman–Crippen MR) is 113 cm³/mol. The molecule has 1 saturated heterocycles. The van der Waals surface area contributed by atoms with Crippen molar-refractivity contribution < 1.29 is 19.1 Å². The second-order valence-corrected chi connectivity index (χ2v) is 8.04. The number of primary amides is 1. The number of imidazole rings is 1. The zero-order chi connectivity index (χ0) is 21.4. The highest BCUT2D eigenvalue weighted by Crippen LogP contribution is 2.38. The van der Waals surface area contributed by atoms with Crippen LogP contribution in [0.1, 0.15) is 36.4 Å². The fourth-order valence-corrected chi connectivity index (χ4v) is 4.45. The summed E-state index contributed by atoms with van der Waals surface area (Å²) in [6, 6.07) is 11.6. The number of hydrogen-bond acceptors (Lipinski definition) is 5. The van der Waals surface area contributed by atoms with Gasteiger partial charge in [0.1, 0.15) is 5.65 Å². The van der Waals surface area contributed by atoms with Crippen molar-refractivity contribution in [2.24, 2.45) is 11.7 Å². The number of hydrogen-bond donors (Lipinski definition) is 1. The third-order valence-corrected chi connectivity index (χ3v) is 6.23. The average Bonchev–Trinajstić information content (AvgIpc) is 3.44. The van der Waals surface area contributed by atoms with E-state index < -0.39 is 0 Å². The molecule has 8 heteroatoms. The van der Waals surface area contributed by atoms with E-state index in [0.29, 0.717) is 43.9 Å². The number of likely N-dealkylation sites (tertiary alicyclic amines) is 1. The van der Waals surface area contributed by atoms with Crippen molar-refractivity contribution in [2.45, 2.75) is 25.2 Å². The zero-order valence-corrected chi connectivity index (χ0v) is 17.1. The number of pyridine rings is 1. The van der Waals surface area contributed by atoms with Gasteiger partial charge in [-0.25, -0.2) is 4.98 Å². The Morgan fingerprint density at radius 3 is 2.74 bits per heavy atom. The van der Waals surface area contributed by atoms with Gasteiger partial charge in [0, 0.05) is 43.7 Å². The van der Waals surface area contributed by atoms with Gasteiger partial charge in [-0.3, -0.25) is 9.59 Å². The number of nitrogens with two attached hydrogens (primary N) is 1. The van der Waals surface area contributed by atoms with Gasteiger partial charge in [0.2, 0.25) is 18.6 Å². The first kappa shape index (κ1) is 19.4. The van der Waals surface area contributed by atoms with Gasteiger partial charge in [-0.2, -0.15) is 0 Å². The molecule has 2 N–H and O–H groups in total. The second-order valence-electron chi connectivity index (χ2n) is 8.04. The van der Waals surface area contributed by atoms with Crippen LogP contribution in [0.4, 0.5) is 0 Å². The minimum Gasteiger partial charge on any atom is -0.454 e. The number of carbonyl (C=O) groups is 2. The first-order valence-electron chi connectivity index (χ1n) is 10.5.